The first kappa shape index (κ1) is 14.0. The Kier molecular flexibility index (Phi) is 4.93. The number of ether oxygens (including phenoxy) is 1. The van der Waals surface area contributed by atoms with Crippen LogP contribution in [0, 0.1) is 0 Å². The normalized spacial score (nSPS) is 11.6. The van der Waals surface area contributed by atoms with Crippen molar-refractivity contribution in [2.24, 2.45) is 0 Å². The molecule has 1 radical (unpaired) electrons. The second-order valence-electron chi connectivity index (χ2n) is 3.43. The van der Waals surface area contributed by atoms with Crippen LogP contribution in [0.3, 0.4) is 0 Å². The van der Waals surface area contributed by atoms with Crippen molar-refractivity contribution in [2.45, 2.75) is 13.0 Å². The molecule has 0 spiro atoms. The SMILES string of the molecule is C[C@H](Oc1cccc2cccnc12)C(=O)O.[Na]. The molecule has 5 heteroatoms. The van der Waals surface area contributed by atoms with E-state index in [9.17, 15) is 4.79 Å². The predicted molar refractivity (Wildman–Crippen MR) is 65.2 cm³/mol. The zero-order chi connectivity index (χ0) is 11.5. The van der Waals surface area contributed by atoms with Gasteiger partial charge in [0.1, 0.15) is 11.3 Å². The summed E-state index contributed by atoms with van der Waals surface area (Å²) in [6.45, 7) is 1.49. The molecule has 0 saturated heterocycles. The number of pyridine rings is 1. The van der Waals surface area contributed by atoms with E-state index in [1.165, 1.54) is 6.92 Å². The molecule has 0 aliphatic heterocycles. The van der Waals surface area contributed by atoms with Crippen molar-refractivity contribution >= 4 is 46.4 Å². The van der Waals surface area contributed by atoms with Crippen LogP contribution >= 0.6 is 0 Å². The molecule has 0 amide bonds. The van der Waals surface area contributed by atoms with Crippen molar-refractivity contribution in [3.8, 4) is 5.75 Å². The third kappa shape index (κ3) is 3.19. The molecule has 2 aromatic rings. The van der Waals surface area contributed by atoms with Crippen LogP contribution < -0.4 is 4.74 Å². The molecule has 17 heavy (non-hydrogen) atoms. The average Bonchev–Trinajstić information content (AvgIpc) is 2.29. The molecule has 1 aromatic carbocycles. The number of carboxylic acid groups (broad SMARTS) is 1. The van der Waals surface area contributed by atoms with Gasteiger partial charge in [-0.25, -0.2) is 4.79 Å². The minimum absolute atomic E-state index is 0. The Bertz CT molecular complexity index is 525. The fraction of sp³-hybridized carbons (Fsp3) is 0.167. The summed E-state index contributed by atoms with van der Waals surface area (Å²) in [5, 5.41) is 9.70. The van der Waals surface area contributed by atoms with Gasteiger partial charge >= 0.3 is 5.97 Å². The second-order valence-corrected chi connectivity index (χ2v) is 3.43. The molecular weight excluding hydrogens is 229 g/mol. The monoisotopic (exact) mass is 240 g/mol. The van der Waals surface area contributed by atoms with E-state index in [1.807, 2.05) is 24.3 Å². The molecular formula is C12H11NNaO3. The summed E-state index contributed by atoms with van der Waals surface area (Å²) in [6, 6.07) is 9.16. The molecule has 0 fully saturated rings. The van der Waals surface area contributed by atoms with Gasteiger partial charge in [-0.1, -0.05) is 18.2 Å². The molecule has 0 bridgehead atoms. The van der Waals surface area contributed by atoms with Crippen LogP contribution in [0.5, 0.6) is 5.75 Å². The van der Waals surface area contributed by atoms with Crippen molar-refractivity contribution in [3.05, 3.63) is 36.5 Å². The molecule has 1 heterocycles. The fourth-order valence-electron chi connectivity index (χ4n) is 1.41. The van der Waals surface area contributed by atoms with Gasteiger partial charge in [0.15, 0.2) is 6.10 Å². The van der Waals surface area contributed by atoms with Gasteiger partial charge in [-0.3, -0.25) is 4.98 Å². The van der Waals surface area contributed by atoms with Crippen molar-refractivity contribution in [1.82, 2.24) is 4.98 Å². The third-order valence-electron chi connectivity index (χ3n) is 2.25. The van der Waals surface area contributed by atoms with Crippen LogP contribution in [0.4, 0.5) is 0 Å². The maximum absolute atomic E-state index is 10.7. The summed E-state index contributed by atoms with van der Waals surface area (Å²) in [6.07, 6.45) is 0.772. The van der Waals surface area contributed by atoms with Gasteiger partial charge in [0, 0.05) is 41.1 Å². The third-order valence-corrected chi connectivity index (χ3v) is 2.25. The molecule has 1 N–H and O–H groups in total. The summed E-state index contributed by atoms with van der Waals surface area (Å²) in [5.74, 6) is -0.499. The predicted octanol–water partition coefficient (Wildman–Crippen LogP) is 1.71. The van der Waals surface area contributed by atoms with E-state index in [0.29, 0.717) is 11.3 Å². The van der Waals surface area contributed by atoms with Crippen molar-refractivity contribution in [1.29, 1.82) is 0 Å². The van der Waals surface area contributed by atoms with E-state index in [4.69, 9.17) is 9.84 Å². The summed E-state index contributed by atoms with van der Waals surface area (Å²) >= 11 is 0. The molecule has 0 aliphatic carbocycles. The maximum atomic E-state index is 10.7. The van der Waals surface area contributed by atoms with Gasteiger partial charge in [-0.05, 0) is 19.1 Å². The molecule has 4 nitrogen and oxygen atoms in total. The van der Waals surface area contributed by atoms with Gasteiger partial charge in [-0.2, -0.15) is 0 Å². The summed E-state index contributed by atoms with van der Waals surface area (Å²) in [4.78, 5) is 14.9. The number of benzene rings is 1. The van der Waals surface area contributed by atoms with Crippen molar-refractivity contribution in [2.75, 3.05) is 0 Å². The quantitative estimate of drug-likeness (QED) is 0.829. The molecule has 0 saturated carbocycles. The van der Waals surface area contributed by atoms with Crippen LogP contribution in [0.2, 0.25) is 0 Å². The van der Waals surface area contributed by atoms with Crippen LogP contribution in [0.15, 0.2) is 36.5 Å². The Balaban J connectivity index is 0.00000144. The van der Waals surface area contributed by atoms with E-state index in [2.05, 4.69) is 4.98 Å². The van der Waals surface area contributed by atoms with Gasteiger partial charge in [0.25, 0.3) is 0 Å². The summed E-state index contributed by atoms with van der Waals surface area (Å²) < 4.78 is 5.33. The van der Waals surface area contributed by atoms with Crippen LogP contribution in [-0.4, -0.2) is 51.7 Å². The number of aromatic nitrogens is 1. The Morgan fingerprint density at radius 2 is 2.06 bits per heavy atom. The number of hydrogen-bond donors (Lipinski definition) is 1. The minimum atomic E-state index is -0.993. The van der Waals surface area contributed by atoms with Crippen LogP contribution in [0.25, 0.3) is 10.9 Å². The average molecular weight is 240 g/mol. The Hall–Kier alpha value is -1.10. The first-order valence-electron chi connectivity index (χ1n) is 4.91. The topological polar surface area (TPSA) is 59.4 Å². The molecule has 0 unspecified atom stereocenters. The van der Waals surface area contributed by atoms with Gasteiger partial charge in [0.05, 0.1) is 0 Å². The van der Waals surface area contributed by atoms with Crippen molar-refractivity contribution in [3.63, 3.8) is 0 Å². The standard InChI is InChI=1S/C12H11NO3.Na/c1-8(12(14)15)16-10-6-2-4-9-5-3-7-13-11(9)10;/h2-8H,1H3,(H,14,15);/t8-;/m0./s1. The zero-order valence-corrected chi connectivity index (χ0v) is 11.8. The van der Waals surface area contributed by atoms with Gasteiger partial charge < -0.3 is 9.84 Å². The largest absolute Gasteiger partial charge is 0.479 e. The Labute approximate surface area is 121 Å². The van der Waals surface area contributed by atoms with Crippen LogP contribution in [0.1, 0.15) is 6.92 Å². The minimum Gasteiger partial charge on any atom is -0.479 e. The first-order valence-corrected chi connectivity index (χ1v) is 4.91. The van der Waals surface area contributed by atoms with Crippen LogP contribution in [-0.2, 0) is 4.79 Å². The van der Waals surface area contributed by atoms with Gasteiger partial charge in [0.2, 0.25) is 0 Å². The zero-order valence-electron chi connectivity index (χ0n) is 9.75. The number of aliphatic carboxylic acids is 1. The van der Waals surface area contributed by atoms with E-state index in [-0.39, 0.29) is 29.6 Å². The van der Waals surface area contributed by atoms with Crippen molar-refractivity contribution < 1.29 is 14.6 Å². The first-order chi connectivity index (χ1) is 7.68. The number of nitrogens with zero attached hydrogens (tertiary/aromatic N) is 1. The summed E-state index contributed by atoms with van der Waals surface area (Å²) in [7, 11) is 0. The van der Waals surface area contributed by atoms with E-state index >= 15 is 0 Å². The number of hydrogen-bond acceptors (Lipinski definition) is 3. The second kappa shape index (κ2) is 6.00. The molecule has 1 atom stereocenters. The van der Waals surface area contributed by atoms with Gasteiger partial charge in [-0.15, -0.1) is 0 Å². The fourth-order valence-corrected chi connectivity index (χ4v) is 1.41. The maximum Gasteiger partial charge on any atom is 0.344 e. The number of carboxylic acids is 1. The number of rotatable bonds is 3. The van der Waals surface area contributed by atoms with E-state index < -0.39 is 12.1 Å². The van der Waals surface area contributed by atoms with E-state index in [1.54, 1.807) is 12.3 Å². The summed E-state index contributed by atoms with van der Waals surface area (Å²) in [5.41, 5.74) is 0.679. The number of fused-ring (bicyclic) bond motifs is 1. The smallest absolute Gasteiger partial charge is 0.344 e. The Morgan fingerprint density at radius 3 is 2.76 bits per heavy atom. The molecule has 2 rings (SSSR count). The number of carbonyl (C=O) groups is 1. The molecule has 83 valence electrons. The number of para-hydroxylation sites is 1. The molecule has 1 aromatic heterocycles. The van der Waals surface area contributed by atoms with E-state index in [0.717, 1.165) is 5.39 Å². The Morgan fingerprint density at radius 1 is 1.35 bits per heavy atom. The molecule has 0 aliphatic rings.